The molecule has 2 rings (SSSR count). The summed E-state index contributed by atoms with van der Waals surface area (Å²) in [6.45, 7) is 10.3. The number of carbonyl (C=O) groups is 3. The Morgan fingerprint density at radius 1 is 1.03 bits per heavy atom. The van der Waals surface area contributed by atoms with Gasteiger partial charge in [-0.2, -0.15) is 0 Å². The summed E-state index contributed by atoms with van der Waals surface area (Å²) in [5, 5.41) is 15.3. The lowest BCUT2D eigenvalue weighted by molar-refractivity contribution is -0.141. The first-order valence-corrected chi connectivity index (χ1v) is 11.9. The second-order valence-electron chi connectivity index (χ2n) is 9.31. The van der Waals surface area contributed by atoms with Gasteiger partial charge in [0.2, 0.25) is 5.91 Å². The zero-order valence-electron chi connectivity index (χ0n) is 21.4. The van der Waals surface area contributed by atoms with Gasteiger partial charge in [-0.3, -0.25) is 9.59 Å². The van der Waals surface area contributed by atoms with Crippen LogP contribution in [-0.4, -0.2) is 52.7 Å². The summed E-state index contributed by atoms with van der Waals surface area (Å²) in [4.78, 5) is 40.7. The van der Waals surface area contributed by atoms with Gasteiger partial charge in [0.1, 0.15) is 17.7 Å². The molecular formula is C27H37N3O5. The van der Waals surface area contributed by atoms with Gasteiger partial charge in [0.05, 0.1) is 6.61 Å². The normalized spacial score (nSPS) is 12.9. The number of hydrogen-bond acceptors (Lipinski definition) is 5. The Bertz CT molecular complexity index is 1010. The second-order valence-corrected chi connectivity index (χ2v) is 9.31. The number of aliphatic hydroxyl groups is 1. The highest BCUT2D eigenvalue weighted by Crippen LogP contribution is 2.25. The Labute approximate surface area is 207 Å². The van der Waals surface area contributed by atoms with E-state index in [9.17, 15) is 19.5 Å². The maximum atomic E-state index is 13.6. The van der Waals surface area contributed by atoms with Crippen LogP contribution in [0.2, 0.25) is 0 Å². The number of likely N-dealkylation sites (N-methyl/N-ethyl adjacent to an activating group) is 1. The van der Waals surface area contributed by atoms with Crippen molar-refractivity contribution in [1.82, 2.24) is 10.2 Å². The zero-order valence-corrected chi connectivity index (χ0v) is 21.4. The number of aliphatic hydroxyl groups excluding tert-OH is 1. The average molecular weight is 484 g/mol. The predicted octanol–water partition coefficient (Wildman–Crippen LogP) is 3.97. The Morgan fingerprint density at radius 2 is 1.66 bits per heavy atom. The van der Waals surface area contributed by atoms with Crippen LogP contribution in [0.25, 0.3) is 0 Å². The molecule has 0 aromatic heterocycles. The van der Waals surface area contributed by atoms with Crippen molar-refractivity contribution in [3.05, 3.63) is 65.2 Å². The molecule has 0 spiro atoms. The summed E-state index contributed by atoms with van der Waals surface area (Å²) >= 11 is 0. The lowest BCUT2D eigenvalue weighted by Crippen LogP contribution is -2.53. The van der Waals surface area contributed by atoms with Crippen LogP contribution in [0.15, 0.2) is 48.5 Å². The third-order valence-corrected chi connectivity index (χ3v) is 5.46. The van der Waals surface area contributed by atoms with E-state index < -0.39 is 42.2 Å². The number of benzene rings is 2. The number of nitrogens with one attached hydrogen (secondary N) is 2. The van der Waals surface area contributed by atoms with E-state index in [1.54, 1.807) is 33.8 Å². The van der Waals surface area contributed by atoms with Crippen LogP contribution in [0, 0.1) is 6.92 Å². The largest absolute Gasteiger partial charge is 0.444 e. The van der Waals surface area contributed by atoms with E-state index in [0.29, 0.717) is 11.3 Å². The van der Waals surface area contributed by atoms with Gasteiger partial charge in [0.25, 0.3) is 5.91 Å². The van der Waals surface area contributed by atoms with Gasteiger partial charge >= 0.3 is 6.09 Å². The molecule has 0 aliphatic carbocycles. The summed E-state index contributed by atoms with van der Waals surface area (Å²) in [7, 11) is 0. The van der Waals surface area contributed by atoms with Gasteiger partial charge in [-0.1, -0.05) is 49.4 Å². The fourth-order valence-corrected chi connectivity index (χ4v) is 3.62. The third-order valence-electron chi connectivity index (χ3n) is 5.46. The molecule has 2 aromatic rings. The highest BCUT2D eigenvalue weighted by molar-refractivity contribution is 5.99. The number of ether oxygens (including phenoxy) is 1. The molecule has 8 heteroatoms. The van der Waals surface area contributed by atoms with E-state index >= 15 is 0 Å². The van der Waals surface area contributed by atoms with Crippen molar-refractivity contribution in [2.24, 2.45) is 0 Å². The van der Waals surface area contributed by atoms with Crippen molar-refractivity contribution < 1.29 is 24.2 Å². The summed E-state index contributed by atoms with van der Waals surface area (Å²) in [6, 6.07) is 12.6. The number of rotatable bonds is 9. The molecule has 0 aliphatic heterocycles. The van der Waals surface area contributed by atoms with Crippen molar-refractivity contribution in [3.63, 3.8) is 0 Å². The highest BCUT2D eigenvalue weighted by atomic mass is 16.6. The molecule has 2 unspecified atom stereocenters. The fourth-order valence-electron chi connectivity index (χ4n) is 3.62. The van der Waals surface area contributed by atoms with Crippen LogP contribution in [0.4, 0.5) is 10.5 Å². The molecule has 0 saturated carbocycles. The number of nitrogens with zero attached hydrogens (tertiary/aromatic N) is 1. The molecule has 0 radical (unpaired) electrons. The fraction of sp³-hybridized carbons (Fsp3) is 0.444. The van der Waals surface area contributed by atoms with Crippen LogP contribution in [-0.2, 0) is 20.7 Å². The molecule has 35 heavy (non-hydrogen) atoms. The Hall–Kier alpha value is -3.39. The molecule has 190 valence electrons. The Morgan fingerprint density at radius 3 is 2.17 bits per heavy atom. The number of amides is 3. The molecule has 0 fully saturated rings. The topological polar surface area (TPSA) is 108 Å². The molecule has 2 aromatic carbocycles. The molecule has 2 atom stereocenters. The Balaban J connectivity index is 2.40. The number of aryl methyl sites for hydroxylation is 2. The van der Waals surface area contributed by atoms with Crippen LogP contribution in [0.5, 0.6) is 0 Å². The second kappa shape index (κ2) is 12.4. The van der Waals surface area contributed by atoms with Crippen molar-refractivity contribution in [2.75, 3.05) is 18.5 Å². The molecule has 0 saturated heterocycles. The van der Waals surface area contributed by atoms with Crippen molar-refractivity contribution >= 4 is 23.6 Å². The zero-order chi connectivity index (χ0) is 26.2. The van der Waals surface area contributed by atoms with E-state index in [1.807, 2.05) is 56.3 Å². The molecule has 8 nitrogen and oxygen atoms in total. The third kappa shape index (κ3) is 7.82. The minimum atomic E-state index is -1.27. The van der Waals surface area contributed by atoms with Crippen molar-refractivity contribution in [2.45, 2.75) is 65.6 Å². The van der Waals surface area contributed by atoms with E-state index in [4.69, 9.17) is 4.74 Å². The highest BCUT2D eigenvalue weighted by Gasteiger charge is 2.35. The quantitative estimate of drug-likeness (QED) is 0.500. The van der Waals surface area contributed by atoms with E-state index in [0.717, 1.165) is 17.5 Å². The monoisotopic (exact) mass is 483 g/mol. The number of carbonyl (C=O) groups excluding carboxylic acids is 3. The van der Waals surface area contributed by atoms with Gasteiger partial charge in [-0.05, 0) is 63.8 Å². The maximum Gasteiger partial charge on any atom is 0.408 e. The summed E-state index contributed by atoms with van der Waals surface area (Å²) < 4.78 is 5.23. The van der Waals surface area contributed by atoms with Crippen molar-refractivity contribution in [1.29, 1.82) is 0 Å². The number of anilines is 1. The first-order chi connectivity index (χ1) is 16.5. The van der Waals surface area contributed by atoms with Gasteiger partial charge < -0.3 is 25.4 Å². The predicted molar refractivity (Wildman–Crippen MR) is 136 cm³/mol. The standard InChI is InChI=1S/C27H37N3O5/c1-7-19-13-15-20(16-14-19)23(24(32)28-21-12-10-9-11-18(21)3)30(8-2)25(33)22(17-31)29-26(34)35-27(4,5)6/h9-16,22-23,31H,7-8,17H2,1-6H3,(H,28,32)(H,29,34). The molecule has 0 aliphatic rings. The molecular weight excluding hydrogens is 446 g/mol. The summed E-state index contributed by atoms with van der Waals surface area (Å²) in [6.07, 6.45) is 0.0116. The minimum absolute atomic E-state index is 0.173. The molecule has 3 amide bonds. The van der Waals surface area contributed by atoms with Crippen LogP contribution in [0.1, 0.15) is 57.4 Å². The SMILES string of the molecule is CCc1ccc(C(C(=O)Nc2ccccc2C)N(CC)C(=O)C(CO)NC(=O)OC(C)(C)C)cc1. The van der Waals surface area contributed by atoms with Crippen LogP contribution < -0.4 is 10.6 Å². The number of alkyl carbamates (subject to hydrolysis) is 1. The molecule has 0 heterocycles. The lowest BCUT2D eigenvalue weighted by atomic mass is 10.0. The van der Waals surface area contributed by atoms with Gasteiger partial charge in [-0.15, -0.1) is 0 Å². The first kappa shape index (κ1) is 27.9. The number of para-hydroxylation sites is 1. The smallest absolute Gasteiger partial charge is 0.408 e. The van der Waals surface area contributed by atoms with E-state index in [2.05, 4.69) is 10.6 Å². The van der Waals surface area contributed by atoms with Gasteiger partial charge in [0, 0.05) is 12.2 Å². The number of hydrogen-bond donors (Lipinski definition) is 3. The van der Waals surface area contributed by atoms with Crippen molar-refractivity contribution in [3.8, 4) is 0 Å². The Kier molecular flexibility index (Phi) is 9.83. The molecule has 3 N–H and O–H groups in total. The average Bonchev–Trinajstić information content (AvgIpc) is 2.81. The van der Waals surface area contributed by atoms with E-state index in [1.165, 1.54) is 4.90 Å². The first-order valence-electron chi connectivity index (χ1n) is 11.9. The summed E-state index contributed by atoms with van der Waals surface area (Å²) in [5.74, 6) is -0.988. The van der Waals surface area contributed by atoms with Gasteiger partial charge in [-0.25, -0.2) is 4.79 Å². The summed E-state index contributed by atoms with van der Waals surface area (Å²) in [5.41, 5.74) is 2.48. The van der Waals surface area contributed by atoms with Gasteiger partial charge in [0.15, 0.2) is 0 Å². The minimum Gasteiger partial charge on any atom is -0.444 e. The maximum absolute atomic E-state index is 13.6. The van der Waals surface area contributed by atoms with Crippen LogP contribution in [0.3, 0.4) is 0 Å². The molecule has 0 bridgehead atoms. The lowest BCUT2D eigenvalue weighted by Gasteiger charge is -2.33. The van der Waals surface area contributed by atoms with E-state index in [-0.39, 0.29) is 6.54 Å². The van der Waals surface area contributed by atoms with Crippen LogP contribution >= 0.6 is 0 Å².